The summed E-state index contributed by atoms with van der Waals surface area (Å²) < 4.78 is 1.47. The summed E-state index contributed by atoms with van der Waals surface area (Å²) in [6.45, 7) is 4.79. The SMILES string of the molecule is CCCNC(C)(C#N)CCSc1n[nH]c(=O)n1C. The van der Waals surface area contributed by atoms with Crippen LogP contribution in [-0.2, 0) is 7.05 Å². The minimum Gasteiger partial charge on any atom is -0.300 e. The van der Waals surface area contributed by atoms with Crippen LogP contribution >= 0.6 is 11.8 Å². The zero-order valence-electron chi connectivity index (χ0n) is 11.0. The summed E-state index contributed by atoms with van der Waals surface area (Å²) in [6, 6.07) is 2.30. The Hall–Kier alpha value is -1.26. The van der Waals surface area contributed by atoms with E-state index in [0.29, 0.717) is 11.6 Å². The lowest BCUT2D eigenvalue weighted by Gasteiger charge is -2.22. The summed E-state index contributed by atoms with van der Waals surface area (Å²) in [5, 5.41) is 19.3. The Morgan fingerprint density at radius 2 is 2.39 bits per heavy atom. The molecule has 0 saturated carbocycles. The molecule has 1 atom stereocenters. The summed E-state index contributed by atoms with van der Waals surface area (Å²) >= 11 is 1.47. The number of H-pyrrole nitrogens is 1. The van der Waals surface area contributed by atoms with Crippen LogP contribution in [0.4, 0.5) is 0 Å². The molecule has 0 aliphatic rings. The predicted octanol–water partition coefficient (Wildman–Crippen LogP) is 0.872. The van der Waals surface area contributed by atoms with Gasteiger partial charge in [-0.15, -0.1) is 5.10 Å². The standard InChI is InChI=1S/C11H19N5OS/c1-4-6-13-11(2,8-12)5-7-18-10-15-14-9(17)16(10)3/h13H,4-7H2,1-3H3,(H,14,17). The van der Waals surface area contributed by atoms with E-state index in [-0.39, 0.29) is 5.69 Å². The highest BCUT2D eigenvalue weighted by Crippen LogP contribution is 2.18. The van der Waals surface area contributed by atoms with E-state index in [9.17, 15) is 4.79 Å². The van der Waals surface area contributed by atoms with Gasteiger partial charge in [-0.1, -0.05) is 18.7 Å². The van der Waals surface area contributed by atoms with Gasteiger partial charge in [-0.25, -0.2) is 9.89 Å². The first-order valence-corrected chi connectivity index (χ1v) is 6.91. The molecule has 0 aliphatic heterocycles. The molecule has 0 aliphatic carbocycles. The van der Waals surface area contributed by atoms with Gasteiger partial charge in [-0.2, -0.15) is 5.26 Å². The predicted molar refractivity (Wildman–Crippen MR) is 71.5 cm³/mol. The minimum absolute atomic E-state index is 0.218. The number of hydrogen-bond acceptors (Lipinski definition) is 5. The van der Waals surface area contributed by atoms with Crippen molar-refractivity contribution in [3.63, 3.8) is 0 Å². The fourth-order valence-corrected chi connectivity index (χ4v) is 2.47. The van der Waals surface area contributed by atoms with Crippen LogP contribution in [0.3, 0.4) is 0 Å². The molecule has 0 radical (unpaired) electrons. The zero-order valence-corrected chi connectivity index (χ0v) is 11.8. The summed E-state index contributed by atoms with van der Waals surface area (Å²) in [7, 11) is 1.67. The Morgan fingerprint density at radius 3 is 2.89 bits per heavy atom. The molecule has 1 heterocycles. The molecule has 18 heavy (non-hydrogen) atoms. The molecule has 0 bridgehead atoms. The van der Waals surface area contributed by atoms with E-state index in [4.69, 9.17) is 5.26 Å². The van der Waals surface area contributed by atoms with E-state index in [2.05, 4.69) is 28.5 Å². The molecule has 0 spiro atoms. The van der Waals surface area contributed by atoms with E-state index in [0.717, 1.165) is 18.7 Å². The van der Waals surface area contributed by atoms with E-state index in [1.165, 1.54) is 16.3 Å². The van der Waals surface area contributed by atoms with Gasteiger partial charge in [0.25, 0.3) is 0 Å². The van der Waals surface area contributed by atoms with Crippen molar-refractivity contribution in [1.82, 2.24) is 20.1 Å². The monoisotopic (exact) mass is 269 g/mol. The summed E-state index contributed by atoms with van der Waals surface area (Å²) in [5.74, 6) is 0.735. The lowest BCUT2D eigenvalue weighted by molar-refractivity contribution is 0.437. The van der Waals surface area contributed by atoms with Crippen LogP contribution in [0, 0.1) is 11.3 Å². The lowest BCUT2D eigenvalue weighted by atomic mass is 10.0. The van der Waals surface area contributed by atoms with Crippen molar-refractivity contribution in [2.45, 2.75) is 37.4 Å². The van der Waals surface area contributed by atoms with Gasteiger partial charge in [0.2, 0.25) is 0 Å². The maximum absolute atomic E-state index is 11.2. The molecule has 0 aromatic carbocycles. The molecular formula is C11H19N5OS. The van der Waals surface area contributed by atoms with Crippen molar-refractivity contribution in [3.8, 4) is 6.07 Å². The van der Waals surface area contributed by atoms with Crippen LogP contribution in [0.1, 0.15) is 26.7 Å². The third-order valence-electron chi connectivity index (χ3n) is 2.68. The van der Waals surface area contributed by atoms with Gasteiger partial charge < -0.3 is 0 Å². The molecule has 1 aromatic heterocycles. The zero-order chi connectivity index (χ0) is 13.6. The van der Waals surface area contributed by atoms with Crippen LogP contribution in [0.5, 0.6) is 0 Å². The highest BCUT2D eigenvalue weighted by molar-refractivity contribution is 7.99. The Balaban J connectivity index is 2.47. The molecule has 1 rings (SSSR count). The van der Waals surface area contributed by atoms with Gasteiger partial charge in [0.05, 0.1) is 6.07 Å². The van der Waals surface area contributed by atoms with Crippen molar-refractivity contribution in [3.05, 3.63) is 10.5 Å². The first kappa shape index (κ1) is 14.8. The summed E-state index contributed by atoms with van der Waals surface area (Å²) in [6.07, 6.45) is 1.70. The average Bonchev–Trinajstić information content (AvgIpc) is 2.68. The number of hydrogen-bond donors (Lipinski definition) is 2. The average molecular weight is 269 g/mol. The van der Waals surface area contributed by atoms with E-state index in [1.807, 2.05) is 6.92 Å². The topological polar surface area (TPSA) is 86.5 Å². The number of aromatic amines is 1. The van der Waals surface area contributed by atoms with Gasteiger partial charge in [-0.05, 0) is 26.3 Å². The maximum atomic E-state index is 11.2. The third kappa shape index (κ3) is 3.89. The molecule has 1 unspecified atom stereocenters. The summed E-state index contributed by atoms with van der Waals surface area (Å²) in [4.78, 5) is 11.2. The highest BCUT2D eigenvalue weighted by Gasteiger charge is 2.22. The fourth-order valence-electron chi connectivity index (χ4n) is 1.39. The number of nitriles is 1. The van der Waals surface area contributed by atoms with Crippen molar-refractivity contribution >= 4 is 11.8 Å². The fraction of sp³-hybridized carbons (Fsp3) is 0.727. The molecule has 100 valence electrons. The number of aromatic nitrogens is 3. The Labute approximate surface area is 111 Å². The van der Waals surface area contributed by atoms with Gasteiger partial charge in [0.1, 0.15) is 5.54 Å². The Morgan fingerprint density at radius 1 is 1.67 bits per heavy atom. The molecule has 1 aromatic rings. The second kappa shape index (κ2) is 6.61. The Kier molecular flexibility index (Phi) is 5.44. The molecule has 7 heteroatoms. The normalized spacial score (nSPS) is 14.1. The van der Waals surface area contributed by atoms with E-state index >= 15 is 0 Å². The van der Waals surface area contributed by atoms with Crippen LogP contribution < -0.4 is 11.0 Å². The van der Waals surface area contributed by atoms with Crippen LogP contribution in [0.25, 0.3) is 0 Å². The third-order valence-corrected chi connectivity index (χ3v) is 3.72. The Bertz CT molecular complexity index is 475. The van der Waals surface area contributed by atoms with Gasteiger partial charge >= 0.3 is 5.69 Å². The lowest BCUT2D eigenvalue weighted by Crippen LogP contribution is -2.41. The number of rotatable bonds is 7. The number of nitrogens with zero attached hydrogens (tertiary/aromatic N) is 3. The molecular weight excluding hydrogens is 250 g/mol. The van der Waals surface area contributed by atoms with E-state index in [1.54, 1.807) is 7.05 Å². The second-order valence-electron chi connectivity index (χ2n) is 4.34. The summed E-state index contributed by atoms with van der Waals surface area (Å²) in [5.41, 5.74) is -0.734. The van der Waals surface area contributed by atoms with Gasteiger partial charge in [0, 0.05) is 12.8 Å². The molecule has 0 amide bonds. The quantitative estimate of drug-likeness (QED) is 0.717. The number of thioether (sulfide) groups is 1. The van der Waals surface area contributed by atoms with E-state index < -0.39 is 5.54 Å². The second-order valence-corrected chi connectivity index (χ2v) is 5.40. The first-order valence-electron chi connectivity index (χ1n) is 5.93. The molecule has 6 nitrogen and oxygen atoms in total. The largest absolute Gasteiger partial charge is 0.343 e. The highest BCUT2D eigenvalue weighted by atomic mass is 32.2. The molecule has 2 N–H and O–H groups in total. The van der Waals surface area contributed by atoms with Gasteiger partial charge in [0.15, 0.2) is 5.16 Å². The van der Waals surface area contributed by atoms with Crippen LogP contribution in [-0.4, -0.2) is 32.6 Å². The van der Waals surface area contributed by atoms with Crippen LogP contribution in [0.2, 0.25) is 0 Å². The van der Waals surface area contributed by atoms with Crippen molar-refractivity contribution in [2.75, 3.05) is 12.3 Å². The number of nitrogens with one attached hydrogen (secondary N) is 2. The minimum atomic E-state index is -0.516. The molecule has 0 fully saturated rings. The van der Waals surface area contributed by atoms with Gasteiger partial charge in [-0.3, -0.25) is 9.88 Å². The van der Waals surface area contributed by atoms with Crippen molar-refractivity contribution in [2.24, 2.45) is 7.05 Å². The maximum Gasteiger partial charge on any atom is 0.343 e. The smallest absolute Gasteiger partial charge is 0.300 e. The first-order chi connectivity index (χ1) is 8.52. The van der Waals surface area contributed by atoms with Crippen molar-refractivity contribution < 1.29 is 0 Å². The van der Waals surface area contributed by atoms with Crippen molar-refractivity contribution in [1.29, 1.82) is 5.26 Å². The van der Waals surface area contributed by atoms with Crippen LogP contribution in [0.15, 0.2) is 9.95 Å². The molecule has 0 saturated heterocycles.